The number of carbonyl (C=O) groups is 4. The summed E-state index contributed by atoms with van der Waals surface area (Å²) in [5.74, 6) is -1.51. The van der Waals surface area contributed by atoms with Crippen LogP contribution in [0.3, 0.4) is 0 Å². The van der Waals surface area contributed by atoms with Crippen LogP contribution >= 0.6 is 11.6 Å². The number of allylic oxidation sites excluding steroid dienone is 2. The Labute approximate surface area is 294 Å². The summed E-state index contributed by atoms with van der Waals surface area (Å²) in [7, 11) is 1.60. The summed E-state index contributed by atoms with van der Waals surface area (Å²) < 4.78 is 45.4. The van der Waals surface area contributed by atoms with E-state index in [0.717, 1.165) is 45.6 Å². The zero-order chi connectivity index (χ0) is 36.4. The molecule has 14 heteroatoms. The summed E-state index contributed by atoms with van der Waals surface area (Å²) in [6.45, 7) is 4.32. The van der Waals surface area contributed by atoms with Crippen molar-refractivity contribution >= 4 is 47.3 Å². The molecule has 0 amide bonds. The minimum atomic E-state index is -1.38. The molecule has 50 heavy (non-hydrogen) atoms. The number of ether oxygens (including phenoxy) is 8. The number of nitriles is 1. The predicted molar refractivity (Wildman–Crippen MR) is 177 cm³/mol. The van der Waals surface area contributed by atoms with Crippen LogP contribution in [-0.2, 0) is 54.2 Å². The van der Waals surface area contributed by atoms with Crippen LogP contribution in [0.5, 0.6) is 11.5 Å². The largest absolute Gasteiger partial charge is 0.496 e. The van der Waals surface area contributed by atoms with Gasteiger partial charge in [0.15, 0.2) is 12.2 Å². The van der Waals surface area contributed by atoms with Crippen LogP contribution < -0.4 is 9.47 Å². The van der Waals surface area contributed by atoms with E-state index in [2.05, 4.69) is 0 Å². The Morgan fingerprint density at radius 2 is 1.54 bits per heavy atom. The van der Waals surface area contributed by atoms with E-state index in [9.17, 15) is 19.2 Å². The van der Waals surface area contributed by atoms with Gasteiger partial charge in [0.1, 0.15) is 36.6 Å². The molecule has 13 nitrogen and oxygen atoms in total. The molecule has 0 N–H and O–H groups in total. The van der Waals surface area contributed by atoms with Gasteiger partial charge in [0.2, 0.25) is 12.4 Å². The molecule has 266 valence electrons. The highest BCUT2D eigenvalue weighted by Crippen LogP contribution is 2.41. The van der Waals surface area contributed by atoms with Crippen molar-refractivity contribution < 1.29 is 57.1 Å². The first kappa shape index (κ1) is 37.8. The molecule has 0 radical (unpaired) electrons. The SMILES string of the molecule is COC(=C1CCC1)c1ccc(/C=C/C#N)c(OCc2ccc(OC3OC(COC(C)=O)C(OC(C)=O)C(OC(C)=O)C3OC(C)=O)cc2)c1Cl. The first-order valence-corrected chi connectivity index (χ1v) is 16.1. The highest BCUT2D eigenvalue weighted by atomic mass is 35.5. The molecule has 1 aliphatic carbocycles. The summed E-state index contributed by atoms with van der Waals surface area (Å²) in [6.07, 6.45) is -0.696. The van der Waals surface area contributed by atoms with E-state index in [0.29, 0.717) is 27.7 Å². The van der Waals surface area contributed by atoms with Gasteiger partial charge in [0.25, 0.3) is 0 Å². The van der Waals surface area contributed by atoms with Gasteiger partial charge in [0, 0.05) is 44.9 Å². The number of rotatable bonds is 13. The van der Waals surface area contributed by atoms with Crippen LogP contribution in [0.15, 0.2) is 48.0 Å². The smallest absolute Gasteiger partial charge is 0.303 e. The monoisotopic (exact) mass is 711 g/mol. The Morgan fingerprint density at radius 1 is 0.900 bits per heavy atom. The third kappa shape index (κ3) is 9.77. The van der Waals surface area contributed by atoms with Gasteiger partial charge in [-0.25, -0.2) is 0 Å². The molecule has 1 saturated heterocycles. The van der Waals surface area contributed by atoms with Crippen molar-refractivity contribution in [2.45, 2.75) is 84.3 Å². The molecule has 4 rings (SSSR count). The van der Waals surface area contributed by atoms with E-state index in [1.807, 2.05) is 18.2 Å². The number of hydrogen-bond acceptors (Lipinski definition) is 13. The lowest BCUT2D eigenvalue weighted by Crippen LogP contribution is -2.63. The number of carbonyl (C=O) groups excluding carboxylic acids is 4. The first-order valence-electron chi connectivity index (χ1n) is 15.8. The van der Waals surface area contributed by atoms with Gasteiger partial charge in [-0.15, -0.1) is 0 Å². The van der Waals surface area contributed by atoms with Crippen molar-refractivity contribution in [2.75, 3.05) is 13.7 Å². The van der Waals surface area contributed by atoms with Crippen molar-refractivity contribution in [1.82, 2.24) is 0 Å². The van der Waals surface area contributed by atoms with Crippen molar-refractivity contribution in [2.24, 2.45) is 0 Å². The van der Waals surface area contributed by atoms with Crippen molar-refractivity contribution in [1.29, 1.82) is 5.26 Å². The summed E-state index contributed by atoms with van der Waals surface area (Å²) in [5.41, 5.74) is 3.20. The molecule has 2 aromatic rings. The van der Waals surface area contributed by atoms with E-state index >= 15 is 0 Å². The minimum absolute atomic E-state index is 0.0920. The van der Waals surface area contributed by atoms with E-state index < -0.39 is 54.6 Å². The maximum absolute atomic E-state index is 12.1. The summed E-state index contributed by atoms with van der Waals surface area (Å²) >= 11 is 6.86. The molecule has 2 fully saturated rings. The third-order valence-electron chi connectivity index (χ3n) is 7.70. The van der Waals surface area contributed by atoms with Crippen LogP contribution in [-0.4, -0.2) is 68.3 Å². The van der Waals surface area contributed by atoms with E-state index in [-0.39, 0.29) is 19.0 Å². The third-order valence-corrected chi connectivity index (χ3v) is 8.07. The maximum atomic E-state index is 12.1. The Kier molecular flexibility index (Phi) is 13.3. The second-order valence-electron chi connectivity index (χ2n) is 11.4. The number of methoxy groups -OCH3 is 1. The highest BCUT2D eigenvalue weighted by Gasteiger charge is 2.53. The predicted octanol–water partition coefficient (Wildman–Crippen LogP) is 5.46. The number of esters is 4. The summed E-state index contributed by atoms with van der Waals surface area (Å²) in [4.78, 5) is 47.8. The van der Waals surface area contributed by atoms with Crippen molar-refractivity contribution in [3.05, 3.63) is 69.8 Å². The number of hydrogen-bond donors (Lipinski definition) is 0. The topological polar surface area (TPSA) is 166 Å². The minimum Gasteiger partial charge on any atom is -0.496 e. The summed E-state index contributed by atoms with van der Waals surface area (Å²) in [5, 5.41) is 9.46. The fraction of sp³-hybridized carbons (Fsp3) is 0.417. The van der Waals surface area contributed by atoms with Crippen LogP contribution in [0, 0.1) is 11.3 Å². The van der Waals surface area contributed by atoms with Gasteiger partial charge in [-0.1, -0.05) is 29.8 Å². The molecular weight excluding hydrogens is 674 g/mol. The van der Waals surface area contributed by atoms with E-state index in [1.165, 1.54) is 18.6 Å². The Morgan fingerprint density at radius 3 is 2.10 bits per heavy atom. The molecule has 1 heterocycles. The van der Waals surface area contributed by atoms with Crippen molar-refractivity contribution in [3.8, 4) is 17.6 Å². The number of benzene rings is 2. The molecule has 5 unspecified atom stereocenters. The van der Waals surface area contributed by atoms with Crippen LogP contribution in [0.25, 0.3) is 11.8 Å². The Balaban J connectivity index is 1.58. The van der Waals surface area contributed by atoms with Crippen LogP contribution in [0.2, 0.25) is 5.02 Å². The fourth-order valence-electron chi connectivity index (χ4n) is 5.41. The fourth-order valence-corrected chi connectivity index (χ4v) is 5.73. The van der Waals surface area contributed by atoms with Gasteiger partial charge in [-0.2, -0.15) is 5.26 Å². The average Bonchev–Trinajstić information content (AvgIpc) is 3.03. The normalized spacial score (nSPS) is 21.2. The zero-order valence-corrected chi connectivity index (χ0v) is 29.0. The molecule has 2 aromatic carbocycles. The van der Waals surface area contributed by atoms with E-state index in [4.69, 9.17) is 54.8 Å². The first-order chi connectivity index (χ1) is 23.9. The molecule has 1 aliphatic heterocycles. The molecule has 1 saturated carbocycles. The molecular formula is C36H38ClNO12. The quantitative estimate of drug-likeness (QED) is 0.111. The van der Waals surface area contributed by atoms with Crippen LogP contribution in [0.4, 0.5) is 0 Å². The molecule has 0 aromatic heterocycles. The lowest BCUT2D eigenvalue weighted by atomic mass is 9.89. The van der Waals surface area contributed by atoms with Crippen LogP contribution in [0.1, 0.15) is 63.6 Å². The number of halogens is 1. The van der Waals surface area contributed by atoms with Gasteiger partial charge >= 0.3 is 23.9 Å². The summed E-state index contributed by atoms with van der Waals surface area (Å²) in [6, 6.07) is 12.3. The number of nitrogens with zero attached hydrogens (tertiary/aromatic N) is 1. The zero-order valence-electron chi connectivity index (χ0n) is 28.3. The Bertz CT molecular complexity index is 1670. The second kappa shape index (κ2) is 17.6. The Hall–Kier alpha value is -5.06. The molecule has 0 spiro atoms. The van der Waals surface area contributed by atoms with Gasteiger partial charge in [-0.3, -0.25) is 19.2 Å². The lowest BCUT2D eigenvalue weighted by molar-refractivity contribution is -0.288. The molecule has 2 aliphatic rings. The molecule has 0 bridgehead atoms. The second-order valence-corrected chi connectivity index (χ2v) is 11.8. The standard InChI is InChI=1S/C36H38ClNO12/c1-20(39)44-19-29-33(46-21(2)40)34(47-22(3)41)35(48-23(4)42)36(50-29)49-27-14-11-24(12-15-27)18-45-32-26(10-7-17-38)13-16-28(30(32)37)31(43-5)25-8-6-9-25/h7,10-16,29,33-36H,6,8-9,18-19H2,1-5H3/b10-7+. The van der Waals surface area contributed by atoms with Gasteiger partial charge in [0.05, 0.1) is 18.2 Å². The van der Waals surface area contributed by atoms with E-state index in [1.54, 1.807) is 37.5 Å². The molecule has 5 atom stereocenters. The van der Waals surface area contributed by atoms with Gasteiger partial charge < -0.3 is 37.9 Å². The average molecular weight is 712 g/mol. The highest BCUT2D eigenvalue weighted by molar-refractivity contribution is 6.34. The van der Waals surface area contributed by atoms with Gasteiger partial charge in [-0.05, 0) is 54.7 Å². The lowest BCUT2D eigenvalue weighted by Gasteiger charge is -2.43. The van der Waals surface area contributed by atoms with Crippen molar-refractivity contribution in [3.63, 3.8) is 0 Å². The maximum Gasteiger partial charge on any atom is 0.303 e.